The molecule has 0 aromatic heterocycles. The first-order valence-electron chi connectivity index (χ1n) is 2.72. The van der Waals surface area contributed by atoms with Crippen molar-refractivity contribution < 1.29 is 4.18 Å². The summed E-state index contributed by atoms with van der Waals surface area (Å²) in [5.74, 6) is 0. The molecule has 0 heterocycles. The third-order valence-corrected chi connectivity index (χ3v) is 1.19. The van der Waals surface area contributed by atoms with Crippen LogP contribution in [0.5, 0.6) is 0 Å². The molecule has 0 saturated carbocycles. The van der Waals surface area contributed by atoms with Crippen LogP contribution in [0, 0.1) is 0 Å². The Hall–Kier alpha value is -0.470. The van der Waals surface area contributed by atoms with Crippen molar-refractivity contribution in [3.05, 3.63) is 35.9 Å². The molecule has 2 heteroatoms. The summed E-state index contributed by atoms with van der Waals surface area (Å²) in [6, 6.07) is 9.85. The van der Waals surface area contributed by atoms with E-state index in [-0.39, 0.29) is 0 Å². The molecule has 0 spiro atoms. The fourth-order valence-corrected chi connectivity index (χ4v) is 0.778. The van der Waals surface area contributed by atoms with Crippen molar-refractivity contribution >= 4 is 12.9 Å². The molecule has 0 amide bonds. The molecule has 0 aliphatic rings. The third kappa shape index (κ3) is 2.08. The summed E-state index contributed by atoms with van der Waals surface area (Å²) >= 11 is 4.33. The number of hydrogen-bond acceptors (Lipinski definition) is 2. The third-order valence-electron chi connectivity index (χ3n) is 1.07. The van der Waals surface area contributed by atoms with Crippen LogP contribution in [0.2, 0.25) is 0 Å². The summed E-state index contributed by atoms with van der Waals surface area (Å²) in [6.07, 6.45) is 0. The molecule has 0 bridgehead atoms. The smallest absolute Gasteiger partial charge is 0.0447 e. The predicted molar refractivity (Wildman–Crippen MR) is 38.6 cm³/mol. The predicted octanol–water partition coefficient (Wildman–Crippen LogP) is 1.67. The Morgan fingerprint density at radius 1 is 1.22 bits per heavy atom. The Balaban J connectivity index is 2.61. The van der Waals surface area contributed by atoms with Gasteiger partial charge in [-0.1, -0.05) is 30.3 Å². The average molecular weight is 139 g/mol. The highest BCUT2D eigenvalue weighted by molar-refractivity contribution is 7.53. The second-order valence-corrected chi connectivity index (χ2v) is 1.98. The summed E-state index contributed by atoms with van der Waals surface area (Å²) in [4.78, 5) is 0. The van der Waals surface area contributed by atoms with Gasteiger partial charge in [0.2, 0.25) is 0 Å². The standard InChI is InChI=1S/C7H8OS/c9-8-6-7-4-2-1-3-5-7/h1-5,9H,6H2/p-1. The molecule has 0 aliphatic heterocycles. The lowest BCUT2D eigenvalue weighted by Crippen LogP contribution is -1.82. The molecule has 1 aromatic carbocycles. The highest BCUT2D eigenvalue weighted by Crippen LogP contribution is 1.98. The normalized spacial score (nSPS) is 9.44. The molecule has 0 aliphatic carbocycles. The van der Waals surface area contributed by atoms with Crippen LogP contribution >= 0.6 is 0 Å². The van der Waals surface area contributed by atoms with Crippen molar-refractivity contribution in [2.24, 2.45) is 0 Å². The van der Waals surface area contributed by atoms with E-state index >= 15 is 0 Å². The lowest BCUT2D eigenvalue weighted by atomic mass is 10.2. The fraction of sp³-hybridized carbons (Fsp3) is 0.143. The zero-order valence-corrected chi connectivity index (χ0v) is 5.73. The van der Waals surface area contributed by atoms with E-state index in [9.17, 15) is 0 Å². The van der Waals surface area contributed by atoms with E-state index in [1.165, 1.54) is 0 Å². The van der Waals surface area contributed by atoms with E-state index in [0.29, 0.717) is 6.61 Å². The average Bonchev–Trinajstić information content (AvgIpc) is 1.91. The van der Waals surface area contributed by atoms with Crippen LogP contribution in [-0.2, 0) is 23.7 Å². The van der Waals surface area contributed by atoms with E-state index in [1.54, 1.807) is 0 Å². The Labute approximate surface area is 60.3 Å². The first-order valence-corrected chi connectivity index (χ1v) is 3.05. The number of hydrogen-bond donors (Lipinski definition) is 0. The van der Waals surface area contributed by atoms with Crippen LogP contribution in [0.4, 0.5) is 0 Å². The van der Waals surface area contributed by atoms with Gasteiger partial charge < -0.3 is 17.1 Å². The summed E-state index contributed by atoms with van der Waals surface area (Å²) < 4.78 is 4.51. The Bertz CT molecular complexity index is 162. The Morgan fingerprint density at radius 3 is 2.44 bits per heavy atom. The molecule has 9 heavy (non-hydrogen) atoms. The maximum Gasteiger partial charge on any atom is 0.0447 e. The van der Waals surface area contributed by atoms with Crippen LogP contribution in [0.15, 0.2) is 30.3 Å². The van der Waals surface area contributed by atoms with Crippen molar-refractivity contribution in [3.8, 4) is 0 Å². The molecule has 0 fully saturated rings. The van der Waals surface area contributed by atoms with Crippen LogP contribution in [0.25, 0.3) is 0 Å². The van der Waals surface area contributed by atoms with Gasteiger partial charge in [0.25, 0.3) is 0 Å². The SMILES string of the molecule is [S-]OCc1ccccc1. The molecule has 0 radical (unpaired) electrons. The maximum atomic E-state index is 4.51. The molecule has 1 aromatic rings. The minimum absolute atomic E-state index is 0.524. The van der Waals surface area contributed by atoms with E-state index < -0.39 is 0 Å². The molecule has 0 saturated heterocycles. The summed E-state index contributed by atoms with van der Waals surface area (Å²) in [5, 5.41) is 0. The first kappa shape index (κ1) is 6.65. The molecular formula is C7H7OS-. The molecule has 1 nitrogen and oxygen atoms in total. The van der Waals surface area contributed by atoms with Crippen LogP contribution in [-0.4, -0.2) is 0 Å². The molecule has 0 atom stereocenters. The van der Waals surface area contributed by atoms with Crippen molar-refractivity contribution in [3.63, 3.8) is 0 Å². The highest BCUT2D eigenvalue weighted by Gasteiger charge is 1.81. The molecular weight excluding hydrogens is 132 g/mol. The highest BCUT2D eigenvalue weighted by atomic mass is 32.1. The van der Waals surface area contributed by atoms with Gasteiger partial charge in [0.15, 0.2) is 0 Å². The first-order chi connectivity index (χ1) is 4.43. The lowest BCUT2D eigenvalue weighted by molar-refractivity contribution is 0.369. The van der Waals surface area contributed by atoms with Gasteiger partial charge in [-0.25, -0.2) is 0 Å². The minimum Gasteiger partial charge on any atom is -0.623 e. The molecule has 0 unspecified atom stereocenters. The van der Waals surface area contributed by atoms with E-state index in [1.807, 2.05) is 30.3 Å². The molecule has 1 rings (SSSR count). The summed E-state index contributed by atoms with van der Waals surface area (Å²) in [6.45, 7) is 0.524. The van der Waals surface area contributed by atoms with Gasteiger partial charge in [-0.3, -0.25) is 0 Å². The number of rotatable bonds is 2. The van der Waals surface area contributed by atoms with Gasteiger partial charge in [-0.15, -0.1) is 0 Å². The van der Waals surface area contributed by atoms with E-state index in [2.05, 4.69) is 17.1 Å². The Kier molecular flexibility index (Phi) is 2.61. The van der Waals surface area contributed by atoms with Gasteiger partial charge in [0, 0.05) is 6.61 Å². The van der Waals surface area contributed by atoms with Crippen LogP contribution in [0.3, 0.4) is 0 Å². The van der Waals surface area contributed by atoms with E-state index in [0.717, 1.165) is 5.56 Å². The zero-order valence-electron chi connectivity index (χ0n) is 4.91. The minimum atomic E-state index is 0.524. The topological polar surface area (TPSA) is 9.23 Å². The number of benzene rings is 1. The van der Waals surface area contributed by atoms with Crippen LogP contribution < -0.4 is 0 Å². The second kappa shape index (κ2) is 3.54. The van der Waals surface area contributed by atoms with Crippen molar-refractivity contribution in [2.75, 3.05) is 0 Å². The van der Waals surface area contributed by atoms with Crippen molar-refractivity contribution in [1.29, 1.82) is 0 Å². The van der Waals surface area contributed by atoms with E-state index in [4.69, 9.17) is 0 Å². The second-order valence-electron chi connectivity index (χ2n) is 1.75. The quantitative estimate of drug-likeness (QED) is 0.576. The van der Waals surface area contributed by atoms with Gasteiger partial charge in [-0.05, 0) is 5.56 Å². The van der Waals surface area contributed by atoms with Gasteiger partial charge in [0.05, 0.1) is 0 Å². The van der Waals surface area contributed by atoms with Crippen LogP contribution in [0.1, 0.15) is 5.56 Å². The van der Waals surface area contributed by atoms with Gasteiger partial charge >= 0.3 is 0 Å². The van der Waals surface area contributed by atoms with Gasteiger partial charge in [0.1, 0.15) is 0 Å². The van der Waals surface area contributed by atoms with Crippen molar-refractivity contribution in [2.45, 2.75) is 6.61 Å². The monoisotopic (exact) mass is 139 g/mol. The largest absolute Gasteiger partial charge is 0.623 e. The Morgan fingerprint density at radius 2 is 1.89 bits per heavy atom. The van der Waals surface area contributed by atoms with Gasteiger partial charge in [-0.2, -0.15) is 0 Å². The van der Waals surface area contributed by atoms with Crippen molar-refractivity contribution in [1.82, 2.24) is 0 Å². The summed E-state index contributed by atoms with van der Waals surface area (Å²) in [5.41, 5.74) is 1.12. The maximum absolute atomic E-state index is 4.51. The fourth-order valence-electron chi connectivity index (χ4n) is 0.642. The zero-order chi connectivity index (χ0) is 6.53. The molecule has 48 valence electrons. The molecule has 0 N–H and O–H groups in total. The summed E-state index contributed by atoms with van der Waals surface area (Å²) in [7, 11) is 0. The lowest BCUT2D eigenvalue weighted by Gasteiger charge is -2.05.